The molecule has 0 heterocycles. The van der Waals surface area contributed by atoms with E-state index >= 15 is 0 Å². The number of nitrogens with zero attached hydrogens (tertiary/aromatic N) is 1. The second-order valence-electron chi connectivity index (χ2n) is 7.21. The third-order valence-corrected chi connectivity index (χ3v) is 4.96. The number of aliphatic hydroxyl groups is 1. The summed E-state index contributed by atoms with van der Waals surface area (Å²) in [5.74, 6) is -0.336. The SMILES string of the molecule is CC/C(C)=C/N(C)c1c(C)c(-c2ccc(OC(F)(F)F)cc2)cc(NC(=O)OC)c1CO. The molecule has 2 aromatic carbocycles. The number of rotatable bonds is 7. The molecule has 0 bridgehead atoms. The summed E-state index contributed by atoms with van der Waals surface area (Å²) in [6.45, 7) is 5.49. The zero-order valence-electron chi connectivity index (χ0n) is 18.6. The van der Waals surface area contributed by atoms with Crippen molar-refractivity contribution in [2.24, 2.45) is 0 Å². The molecule has 32 heavy (non-hydrogen) atoms. The van der Waals surface area contributed by atoms with Gasteiger partial charge in [0.05, 0.1) is 25.1 Å². The molecule has 0 unspecified atom stereocenters. The molecular formula is C23H27F3N2O4. The summed E-state index contributed by atoms with van der Waals surface area (Å²) in [5, 5.41) is 12.7. The Hall–Kier alpha value is -3.20. The minimum atomic E-state index is -4.78. The van der Waals surface area contributed by atoms with E-state index in [0.717, 1.165) is 17.6 Å². The molecule has 6 nitrogen and oxygen atoms in total. The second-order valence-corrected chi connectivity index (χ2v) is 7.21. The fourth-order valence-electron chi connectivity index (χ4n) is 3.35. The number of carbonyl (C=O) groups is 1. The number of nitrogens with one attached hydrogen (secondary N) is 1. The Morgan fingerprint density at radius 2 is 1.88 bits per heavy atom. The van der Waals surface area contributed by atoms with E-state index in [1.165, 1.54) is 31.4 Å². The zero-order valence-corrected chi connectivity index (χ0v) is 18.6. The maximum Gasteiger partial charge on any atom is 0.573 e. The van der Waals surface area contributed by atoms with Gasteiger partial charge >= 0.3 is 12.5 Å². The number of aliphatic hydroxyl groups excluding tert-OH is 1. The Labute approximate surface area is 185 Å². The highest BCUT2D eigenvalue weighted by molar-refractivity contribution is 5.91. The first-order chi connectivity index (χ1) is 15.0. The standard InChI is InChI=1S/C23H27F3N2O4/c1-6-14(2)12-28(4)21-15(3)18(11-20(19(21)13-29)27-22(30)31-5)16-7-9-17(10-8-16)32-23(24,25)26/h7-12,29H,6,13H2,1-5H3,(H,27,30)/b14-12+. The Morgan fingerprint density at radius 3 is 2.38 bits per heavy atom. The summed E-state index contributed by atoms with van der Waals surface area (Å²) in [6, 6.07) is 7.10. The van der Waals surface area contributed by atoms with Gasteiger partial charge in [-0.2, -0.15) is 0 Å². The molecule has 0 aliphatic carbocycles. The van der Waals surface area contributed by atoms with Crippen LogP contribution in [0.4, 0.5) is 29.3 Å². The number of halogens is 3. The van der Waals surface area contributed by atoms with Crippen molar-refractivity contribution in [2.75, 3.05) is 24.4 Å². The minimum Gasteiger partial charge on any atom is -0.453 e. The first kappa shape index (κ1) is 25.1. The van der Waals surface area contributed by atoms with Crippen molar-refractivity contribution < 1.29 is 32.5 Å². The number of hydrogen-bond acceptors (Lipinski definition) is 5. The maximum atomic E-state index is 12.5. The highest BCUT2D eigenvalue weighted by Gasteiger charge is 2.31. The molecule has 0 saturated heterocycles. The van der Waals surface area contributed by atoms with Crippen molar-refractivity contribution >= 4 is 17.5 Å². The average molecular weight is 452 g/mol. The quantitative estimate of drug-likeness (QED) is 0.541. The Balaban J connectivity index is 2.67. The molecule has 0 fully saturated rings. The lowest BCUT2D eigenvalue weighted by atomic mass is 9.94. The highest BCUT2D eigenvalue weighted by Crippen LogP contribution is 2.39. The summed E-state index contributed by atoms with van der Waals surface area (Å²) in [6.07, 6.45) is -2.74. The Morgan fingerprint density at radius 1 is 1.25 bits per heavy atom. The van der Waals surface area contributed by atoms with E-state index in [-0.39, 0.29) is 12.4 Å². The maximum absolute atomic E-state index is 12.5. The van der Waals surface area contributed by atoms with Crippen molar-refractivity contribution in [3.05, 3.63) is 53.2 Å². The van der Waals surface area contributed by atoms with E-state index in [0.29, 0.717) is 28.1 Å². The predicted molar refractivity (Wildman–Crippen MR) is 118 cm³/mol. The topological polar surface area (TPSA) is 71.0 Å². The summed E-state index contributed by atoms with van der Waals surface area (Å²) in [4.78, 5) is 13.8. The second kappa shape index (κ2) is 10.4. The van der Waals surface area contributed by atoms with E-state index in [1.807, 2.05) is 38.9 Å². The molecule has 0 aliphatic heterocycles. The number of methoxy groups -OCH3 is 1. The number of ether oxygens (including phenoxy) is 2. The van der Waals surface area contributed by atoms with Crippen LogP contribution in [0.2, 0.25) is 0 Å². The van der Waals surface area contributed by atoms with Crippen LogP contribution < -0.4 is 15.0 Å². The van der Waals surface area contributed by atoms with Crippen molar-refractivity contribution in [1.82, 2.24) is 0 Å². The summed E-state index contributed by atoms with van der Waals surface area (Å²) >= 11 is 0. The van der Waals surface area contributed by atoms with Gasteiger partial charge < -0.3 is 19.5 Å². The number of benzene rings is 2. The smallest absolute Gasteiger partial charge is 0.453 e. The van der Waals surface area contributed by atoms with E-state index in [4.69, 9.17) is 4.74 Å². The van der Waals surface area contributed by atoms with E-state index < -0.39 is 12.5 Å². The van der Waals surface area contributed by atoms with Gasteiger partial charge in [0.15, 0.2) is 0 Å². The molecule has 2 rings (SSSR count). The summed E-state index contributed by atoms with van der Waals surface area (Å²) < 4.78 is 46.1. The molecule has 0 aromatic heterocycles. The van der Waals surface area contributed by atoms with Gasteiger partial charge in [0, 0.05) is 18.8 Å². The fraction of sp³-hybridized carbons (Fsp3) is 0.348. The number of carbonyl (C=O) groups excluding carboxylic acids is 1. The first-order valence-electron chi connectivity index (χ1n) is 9.89. The predicted octanol–water partition coefficient (Wildman–Crippen LogP) is 5.98. The van der Waals surface area contributed by atoms with Crippen molar-refractivity contribution in [3.8, 4) is 16.9 Å². The van der Waals surface area contributed by atoms with E-state index in [9.17, 15) is 23.1 Å². The van der Waals surface area contributed by atoms with Crippen LogP contribution in [0, 0.1) is 6.92 Å². The van der Waals surface area contributed by atoms with Gasteiger partial charge in [-0.1, -0.05) is 24.6 Å². The summed E-state index contributed by atoms with van der Waals surface area (Å²) in [5.41, 5.74) is 4.63. The first-order valence-corrected chi connectivity index (χ1v) is 9.89. The van der Waals surface area contributed by atoms with Crippen LogP contribution in [0.5, 0.6) is 5.75 Å². The molecule has 0 saturated carbocycles. The van der Waals surface area contributed by atoms with Crippen LogP contribution >= 0.6 is 0 Å². The number of amides is 1. The monoisotopic (exact) mass is 452 g/mol. The number of allylic oxidation sites excluding steroid dienone is 1. The molecule has 0 radical (unpaired) electrons. The fourth-order valence-corrected chi connectivity index (χ4v) is 3.35. The third-order valence-electron chi connectivity index (χ3n) is 4.96. The highest BCUT2D eigenvalue weighted by atomic mass is 19.4. The largest absolute Gasteiger partial charge is 0.573 e. The molecule has 9 heteroatoms. The van der Waals surface area contributed by atoms with Crippen molar-refractivity contribution in [1.29, 1.82) is 0 Å². The Kier molecular flexibility index (Phi) is 8.15. The van der Waals surface area contributed by atoms with Gasteiger partial charge in [0.1, 0.15) is 5.75 Å². The van der Waals surface area contributed by atoms with Crippen LogP contribution in [0.15, 0.2) is 42.1 Å². The zero-order chi connectivity index (χ0) is 24.1. The summed E-state index contributed by atoms with van der Waals surface area (Å²) in [7, 11) is 3.05. The van der Waals surface area contributed by atoms with Gasteiger partial charge in [-0.15, -0.1) is 13.2 Å². The van der Waals surface area contributed by atoms with Crippen molar-refractivity contribution in [2.45, 2.75) is 40.2 Å². The van der Waals surface area contributed by atoms with Gasteiger partial charge in [0.25, 0.3) is 0 Å². The van der Waals surface area contributed by atoms with E-state index in [1.54, 1.807) is 6.07 Å². The molecule has 1 amide bonds. The molecule has 174 valence electrons. The number of hydrogen-bond donors (Lipinski definition) is 2. The van der Waals surface area contributed by atoms with Crippen LogP contribution in [0.25, 0.3) is 11.1 Å². The molecule has 0 spiro atoms. The van der Waals surface area contributed by atoms with E-state index in [2.05, 4.69) is 10.1 Å². The Bertz CT molecular complexity index is 986. The lowest BCUT2D eigenvalue weighted by Crippen LogP contribution is -2.18. The van der Waals surface area contributed by atoms with Crippen LogP contribution in [-0.4, -0.2) is 31.7 Å². The average Bonchev–Trinajstić information content (AvgIpc) is 2.73. The number of anilines is 2. The number of alkyl halides is 3. The molecule has 2 N–H and O–H groups in total. The lowest BCUT2D eigenvalue weighted by molar-refractivity contribution is -0.274. The normalized spacial score (nSPS) is 11.8. The molecule has 0 aliphatic rings. The molecular weight excluding hydrogens is 425 g/mol. The molecule has 2 aromatic rings. The molecule has 0 atom stereocenters. The van der Waals surface area contributed by atoms with Gasteiger partial charge in [-0.3, -0.25) is 5.32 Å². The van der Waals surface area contributed by atoms with Crippen molar-refractivity contribution in [3.63, 3.8) is 0 Å². The van der Waals surface area contributed by atoms with Crippen LogP contribution in [-0.2, 0) is 11.3 Å². The van der Waals surface area contributed by atoms with Crippen LogP contribution in [0.1, 0.15) is 31.4 Å². The lowest BCUT2D eigenvalue weighted by Gasteiger charge is -2.26. The minimum absolute atomic E-state index is 0.333. The third kappa shape index (κ3) is 6.16. The van der Waals surface area contributed by atoms with Gasteiger partial charge in [-0.05, 0) is 55.2 Å². The van der Waals surface area contributed by atoms with Gasteiger partial charge in [0.2, 0.25) is 0 Å². The van der Waals surface area contributed by atoms with Gasteiger partial charge in [-0.25, -0.2) is 4.79 Å². The van der Waals surface area contributed by atoms with Crippen LogP contribution in [0.3, 0.4) is 0 Å².